The van der Waals surface area contributed by atoms with Gasteiger partial charge in [0.25, 0.3) is 5.91 Å². The van der Waals surface area contributed by atoms with Gasteiger partial charge in [0.1, 0.15) is 5.69 Å². The number of carbonyl (C=O) groups excluding carboxylic acids is 2. The third-order valence-electron chi connectivity index (χ3n) is 2.50. The number of nitrogens with zero attached hydrogens (tertiary/aromatic N) is 4. The standard InChI is InChI=1S/C10H9N5O8/c1-5(16)11-7-3-4-8(12(6(2)17)15(22)23)10(14(20)21)9(7)13(18)19/h3-4H,1-2H3,(H,11,16). The second-order valence-electron chi connectivity index (χ2n) is 4.09. The lowest BCUT2D eigenvalue weighted by molar-refractivity contribution is -0.485. The molecule has 0 unspecified atom stereocenters. The van der Waals surface area contributed by atoms with Crippen LogP contribution < -0.4 is 10.3 Å². The SMILES string of the molecule is CC(=O)Nc1ccc(N(C(C)=O)[N+](=O)[O-])c([N+](=O)[O-])c1[N+](=O)[O-]. The largest absolute Gasteiger partial charge is 0.378 e. The van der Waals surface area contributed by atoms with Crippen molar-refractivity contribution in [2.75, 3.05) is 10.3 Å². The molecule has 0 radical (unpaired) electrons. The Bertz CT molecular complexity index is 716. The van der Waals surface area contributed by atoms with Crippen molar-refractivity contribution in [2.45, 2.75) is 13.8 Å². The molecule has 1 rings (SSSR count). The summed E-state index contributed by atoms with van der Waals surface area (Å²) in [7, 11) is 0. The summed E-state index contributed by atoms with van der Waals surface area (Å²) in [6.45, 7) is 1.78. The van der Waals surface area contributed by atoms with Gasteiger partial charge < -0.3 is 5.32 Å². The summed E-state index contributed by atoms with van der Waals surface area (Å²) in [6, 6.07) is 1.63. The summed E-state index contributed by atoms with van der Waals surface area (Å²) >= 11 is 0. The summed E-state index contributed by atoms with van der Waals surface area (Å²) in [5, 5.41) is 33.8. The van der Waals surface area contributed by atoms with Gasteiger partial charge in [-0.3, -0.25) is 29.8 Å². The zero-order chi connectivity index (χ0) is 17.9. The molecule has 13 heteroatoms. The van der Waals surface area contributed by atoms with Gasteiger partial charge in [-0.1, -0.05) is 0 Å². The predicted molar refractivity (Wildman–Crippen MR) is 74.2 cm³/mol. The lowest BCUT2D eigenvalue weighted by Crippen LogP contribution is -2.35. The van der Waals surface area contributed by atoms with E-state index < -0.39 is 49.4 Å². The number of nitrogens with one attached hydrogen (secondary N) is 1. The molecule has 122 valence electrons. The van der Waals surface area contributed by atoms with Crippen molar-refractivity contribution in [3.63, 3.8) is 0 Å². The van der Waals surface area contributed by atoms with Crippen LogP contribution in [-0.2, 0) is 9.59 Å². The molecule has 0 heterocycles. The molecule has 2 amide bonds. The maximum absolute atomic E-state index is 11.3. The first-order valence-electron chi connectivity index (χ1n) is 5.76. The Labute approximate surface area is 126 Å². The minimum absolute atomic E-state index is 0.192. The number of carbonyl (C=O) groups is 2. The summed E-state index contributed by atoms with van der Waals surface area (Å²) in [6.07, 6.45) is 0. The zero-order valence-corrected chi connectivity index (χ0v) is 11.7. The molecule has 0 fully saturated rings. The van der Waals surface area contributed by atoms with Crippen LogP contribution in [0.2, 0.25) is 0 Å². The third-order valence-corrected chi connectivity index (χ3v) is 2.50. The van der Waals surface area contributed by atoms with E-state index >= 15 is 0 Å². The Morgan fingerprint density at radius 2 is 1.52 bits per heavy atom. The molecule has 1 aromatic carbocycles. The van der Waals surface area contributed by atoms with Crippen LogP contribution in [0.1, 0.15) is 13.8 Å². The van der Waals surface area contributed by atoms with Gasteiger partial charge in [0, 0.05) is 13.8 Å². The topological polar surface area (TPSA) is 179 Å². The molecule has 1 aromatic rings. The Kier molecular flexibility index (Phi) is 4.86. The Morgan fingerprint density at radius 3 is 1.87 bits per heavy atom. The molecule has 13 nitrogen and oxygen atoms in total. The highest BCUT2D eigenvalue weighted by Crippen LogP contribution is 2.42. The molecule has 0 saturated carbocycles. The van der Waals surface area contributed by atoms with Crippen molar-refractivity contribution < 1.29 is 24.5 Å². The van der Waals surface area contributed by atoms with E-state index in [1.54, 1.807) is 0 Å². The van der Waals surface area contributed by atoms with E-state index in [0.717, 1.165) is 26.0 Å². The van der Waals surface area contributed by atoms with Crippen LogP contribution in [-0.4, -0.2) is 26.7 Å². The maximum atomic E-state index is 11.3. The van der Waals surface area contributed by atoms with Gasteiger partial charge in [0.05, 0.1) is 9.85 Å². The maximum Gasteiger partial charge on any atom is 0.378 e. The highest BCUT2D eigenvalue weighted by atomic mass is 16.7. The molecule has 0 aliphatic heterocycles. The smallest absolute Gasteiger partial charge is 0.320 e. The summed E-state index contributed by atoms with van der Waals surface area (Å²) in [5.74, 6) is -1.94. The zero-order valence-electron chi connectivity index (χ0n) is 11.7. The van der Waals surface area contributed by atoms with E-state index in [1.807, 2.05) is 5.32 Å². The molecule has 0 aliphatic carbocycles. The van der Waals surface area contributed by atoms with E-state index in [0.29, 0.717) is 0 Å². The third kappa shape index (κ3) is 3.52. The Hall–Kier alpha value is -3.64. The van der Waals surface area contributed by atoms with Gasteiger partial charge in [0.2, 0.25) is 5.91 Å². The van der Waals surface area contributed by atoms with Crippen molar-refractivity contribution in [1.29, 1.82) is 0 Å². The number of amides is 2. The van der Waals surface area contributed by atoms with Crippen LogP contribution in [0, 0.1) is 30.3 Å². The molecular weight excluding hydrogens is 318 g/mol. The van der Waals surface area contributed by atoms with Crippen LogP contribution in [0.15, 0.2) is 12.1 Å². The molecule has 0 atom stereocenters. The minimum atomic E-state index is -1.28. The van der Waals surface area contributed by atoms with E-state index in [-0.39, 0.29) is 5.01 Å². The second-order valence-corrected chi connectivity index (χ2v) is 4.09. The van der Waals surface area contributed by atoms with Crippen LogP contribution in [0.5, 0.6) is 0 Å². The van der Waals surface area contributed by atoms with Crippen molar-refractivity contribution in [3.8, 4) is 0 Å². The molecule has 0 aliphatic rings. The van der Waals surface area contributed by atoms with Crippen LogP contribution in [0.25, 0.3) is 0 Å². The first kappa shape index (κ1) is 17.4. The average molecular weight is 327 g/mol. The van der Waals surface area contributed by atoms with Gasteiger partial charge in [-0.15, -0.1) is 0 Å². The van der Waals surface area contributed by atoms with Gasteiger partial charge in [-0.05, 0) is 17.1 Å². The first-order valence-corrected chi connectivity index (χ1v) is 5.76. The molecule has 0 aromatic heterocycles. The number of hydrogen-bond donors (Lipinski definition) is 1. The van der Waals surface area contributed by atoms with E-state index in [4.69, 9.17) is 0 Å². The van der Waals surface area contributed by atoms with Crippen LogP contribution >= 0.6 is 0 Å². The number of nitro benzene ring substituents is 2. The van der Waals surface area contributed by atoms with Crippen molar-refractivity contribution in [3.05, 3.63) is 42.5 Å². The fourth-order valence-electron chi connectivity index (χ4n) is 1.77. The molecular formula is C10H9N5O8. The molecule has 0 spiro atoms. The van der Waals surface area contributed by atoms with Crippen molar-refractivity contribution in [1.82, 2.24) is 0 Å². The van der Waals surface area contributed by atoms with Crippen LogP contribution in [0.4, 0.5) is 22.7 Å². The molecule has 0 saturated heterocycles. The van der Waals surface area contributed by atoms with Crippen LogP contribution in [0.3, 0.4) is 0 Å². The Morgan fingerprint density at radius 1 is 1.00 bits per heavy atom. The Balaban J connectivity index is 3.80. The number of rotatable bonds is 5. The average Bonchev–Trinajstić information content (AvgIpc) is 2.37. The predicted octanol–water partition coefficient (Wildman–Crippen LogP) is 1.01. The molecule has 0 bridgehead atoms. The monoisotopic (exact) mass is 327 g/mol. The highest BCUT2D eigenvalue weighted by molar-refractivity contribution is 5.98. The lowest BCUT2D eigenvalue weighted by Gasteiger charge is -2.12. The molecule has 1 N–H and O–H groups in total. The number of hydrazine groups is 1. The fourth-order valence-corrected chi connectivity index (χ4v) is 1.77. The summed E-state index contributed by atoms with van der Waals surface area (Å²) in [4.78, 5) is 53.1. The normalized spacial score (nSPS) is 9.83. The number of benzene rings is 1. The molecule has 23 heavy (non-hydrogen) atoms. The summed E-state index contributed by atoms with van der Waals surface area (Å²) < 4.78 is 0. The fraction of sp³-hybridized carbons (Fsp3) is 0.200. The summed E-state index contributed by atoms with van der Waals surface area (Å²) in [5.41, 5.74) is -3.87. The number of nitro groups is 3. The lowest BCUT2D eigenvalue weighted by atomic mass is 10.2. The highest BCUT2D eigenvalue weighted by Gasteiger charge is 2.40. The van der Waals surface area contributed by atoms with E-state index in [1.165, 1.54) is 0 Å². The van der Waals surface area contributed by atoms with Gasteiger partial charge in [-0.25, -0.2) is 10.1 Å². The quantitative estimate of drug-likeness (QED) is 0.614. The number of hydrogen-bond acceptors (Lipinski definition) is 8. The minimum Gasteiger partial charge on any atom is -0.320 e. The van der Waals surface area contributed by atoms with Gasteiger partial charge in [0.15, 0.2) is 10.7 Å². The first-order chi connectivity index (χ1) is 10.6. The van der Waals surface area contributed by atoms with Gasteiger partial charge >= 0.3 is 11.4 Å². The second kappa shape index (κ2) is 6.42. The van der Waals surface area contributed by atoms with E-state index in [9.17, 15) is 39.9 Å². The van der Waals surface area contributed by atoms with E-state index in [2.05, 4.69) is 0 Å². The number of anilines is 2. The van der Waals surface area contributed by atoms with Crippen molar-refractivity contribution >= 4 is 34.6 Å². The van der Waals surface area contributed by atoms with Crippen molar-refractivity contribution in [2.24, 2.45) is 0 Å². The van der Waals surface area contributed by atoms with Gasteiger partial charge in [-0.2, -0.15) is 0 Å².